The zero-order valence-electron chi connectivity index (χ0n) is 17.4. The molecule has 1 amide bonds. The lowest BCUT2D eigenvalue weighted by atomic mass is 9.94. The molecule has 1 aromatic carbocycles. The van der Waals surface area contributed by atoms with Crippen LogP contribution in [-0.4, -0.2) is 57.1 Å². The van der Waals surface area contributed by atoms with Gasteiger partial charge < -0.3 is 9.64 Å². The molecule has 0 bridgehead atoms. The van der Waals surface area contributed by atoms with Gasteiger partial charge in [-0.3, -0.25) is 9.36 Å². The Bertz CT molecular complexity index is 845. The molecule has 0 spiro atoms. The highest BCUT2D eigenvalue weighted by atomic mass is 32.2. The number of aromatic nitrogens is 3. The molecule has 1 saturated heterocycles. The highest BCUT2D eigenvalue weighted by Gasteiger charge is 2.25. The molecule has 2 heterocycles. The Kier molecular flexibility index (Phi) is 7.04. The van der Waals surface area contributed by atoms with E-state index in [2.05, 4.69) is 10.2 Å². The van der Waals surface area contributed by atoms with E-state index in [1.165, 1.54) is 43.2 Å². The molecule has 0 radical (unpaired) electrons. The number of halogens is 1. The standard InChI is InChI=1S/C22H29FN4O2S/c1-26(18-6-3-2-4-7-18)20(28)15-30-22-25-24-21(16-9-11-17(23)12-10-16)27(22)14-19-8-5-13-29-19/h9-12,18-19H,2-8,13-15H2,1H3. The van der Waals surface area contributed by atoms with Crippen molar-refractivity contribution in [3.05, 3.63) is 30.1 Å². The topological polar surface area (TPSA) is 60.2 Å². The van der Waals surface area contributed by atoms with Crippen LogP contribution in [0.15, 0.2) is 29.4 Å². The van der Waals surface area contributed by atoms with Crippen LogP contribution in [-0.2, 0) is 16.1 Å². The number of hydrogen-bond acceptors (Lipinski definition) is 5. The molecule has 2 fully saturated rings. The van der Waals surface area contributed by atoms with Gasteiger partial charge in [-0.15, -0.1) is 10.2 Å². The van der Waals surface area contributed by atoms with Crippen LogP contribution in [0, 0.1) is 5.82 Å². The smallest absolute Gasteiger partial charge is 0.233 e. The molecular formula is C22H29FN4O2S. The van der Waals surface area contributed by atoms with Gasteiger partial charge in [-0.25, -0.2) is 4.39 Å². The van der Waals surface area contributed by atoms with Gasteiger partial charge in [0.25, 0.3) is 0 Å². The molecule has 2 aliphatic rings. The van der Waals surface area contributed by atoms with Crippen LogP contribution < -0.4 is 0 Å². The van der Waals surface area contributed by atoms with Crippen molar-refractivity contribution < 1.29 is 13.9 Å². The third-order valence-electron chi connectivity index (χ3n) is 6.07. The van der Waals surface area contributed by atoms with Gasteiger partial charge in [0.05, 0.1) is 18.4 Å². The first-order valence-electron chi connectivity index (χ1n) is 10.8. The average Bonchev–Trinajstić information content (AvgIpc) is 3.43. The van der Waals surface area contributed by atoms with Crippen LogP contribution in [0.2, 0.25) is 0 Å². The molecule has 30 heavy (non-hydrogen) atoms. The molecule has 1 aliphatic carbocycles. The zero-order chi connectivity index (χ0) is 20.9. The minimum absolute atomic E-state index is 0.111. The molecule has 1 aliphatic heterocycles. The SMILES string of the molecule is CN(C(=O)CSc1nnc(-c2ccc(F)cc2)n1CC1CCCO1)C1CCCCC1. The first-order chi connectivity index (χ1) is 14.6. The van der Waals surface area contributed by atoms with Gasteiger partial charge in [0.15, 0.2) is 11.0 Å². The van der Waals surface area contributed by atoms with Gasteiger partial charge in [0.2, 0.25) is 5.91 Å². The fourth-order valence-corrected chi connectivity index (χ4v) is 5.14. The number of thioether (sulfide) groups is 1. The number of carbonyl (C=O) groups is 1. The van der Waals surface area contributed by atoms with E-state index >= 15 is 0 Å². The lowest BCUT2D eigenvalue weighted by Gasteiger charge is -2.31. The number of ether oxygens (including phenoxy) is 1. The quantitative estimate of drug-likeness (QED) is 0.615. The third-order valence-corrected chi connectivity index (χ3v) is 7.02. The Morgan fingerprint density at radius 3 is 2.63 bits per heavy atom. The summed E-state index contributed by atoms with van der Waals surface area (Å²) in [5.41, 5.74) is 0.805. The lowest BCUT2D eigenvalue weighted by molar-refractivity contribution is -0.129. The van der Waals surface area contributed by atoms with E-state index in [1.807, 2.05) is 16.5 Å². The van der Waals surface area contributed by atoms with Gasteiger partial charge in [0.1, 0.15) is 5.82 Å². The van der Waals surface area contributed by atoms with E-state index in [4.69, 9.17) is 4.74 Å². The van der Waals surface area contributed by atoms with Crippen LogP contribution in [0.25, 0.3) is 11.4 Å². The van der Waals surface area contributed by atoms with E-state index < -0.39 is 0 Å². The molecular weight excluding hydrogens is 403 g/mol. The summed E-state index contributed by atoms with van der Waals surface area (Å²) in [5, 5.41) is 9.42. The summed E-state index contributed by atoms with van der Waals surface area (Å²) in [6.45, 7) is 1.40. The Morgan fingerprint density at radius 2 is 1.93 bits per heavy atom. The number of amides is 1. The number of nitrogens with zero attached hydrogens (tertiary/aromatic N) is 4. The molecule has 0 N–H and O–H groups in total. The summed E-state index contributed by atoms with van der Waals surface area (Å²) in [7, 11) is 1.92. The highest BCUT2D eigenvalue weighted by Crippen LogP contribution is 2.28. The second-order valence-corrected chi connectivity index (χ2v) is 9.09. The maximum Gasteiger partial charge on any atom is 0.233 e. The van der Waals surface area contributed by atoms with Crippen molar-refractivity contribution >= 4 is 17.7 Å². The van der Waals surface area contributed by atoms with Crippen LogP contribution >= 0.6 is 11.8 Å². The second kappa shape index (κ2) is 9.92. The summed E-state index contributed by atoms with van der Waals surface area (Å²) in [5.74, 6) is 0.859. The Morgan fingerprint density at radius 1 is 1.17 bits per heavy atom. The predicted octanol–water partition coefficient (Wildman–Crippen LogP) is 4.15. The largest absolute Gasteiger partial charge is 0.376 e. The molecule has 162 valence electrons. The highest BCUT2D eigenvalue weighted by molar-refractivity contribution is 7.99. The number of rotatable bonds is 7. The van der Waals surface area contributed by atoms with Gasteiger partial charge in [0, 0.05) is 25.3 Å². The van der Waals surface area contributed by atoms with Gasteiger partial charge in [-0.2, -0.15) is 0 Å². The molecule has 1 saturated carbocycles. The summed E-state index contributed by atoms with van der Waals surface area (Å²) in [4.78, 5) is 14.7. The number of benzene rings is 1. The van der Waals surface area contributed by atoms with Gasteiger partial charge >= 0.3 is 0 Å². The Hall–Kier alpha value is -1.93. The fourth-order valence-electron chi connectivity index (χ4n) is 4.26. The van der Waals surface area contributed by atoms with Crippen molar-refractivity contribution in [2.24, 2.45) is 0 Å². The summed E-state index contributed by atoms with van der Waals surface area (Å²) in [6.07, 6.45) is 8.01. The average molecular weight is 433 g/mol. The number of carbonyl (C=O) groups excluding carboxylic acids is 1. The lowest BCUT2D eigenvalue weighted by Crippen LogP contribution is -2.39. The minimum atomic E-state index is -0.283. The molecule has 8 heteroatoms. The van der Waals surface area contributed by atoms with Crippen LogP contribution in [0.3, 0.4) is 0 Å². The van der Waals surface area contributed by atoms with Crippen molar-refractivity contribution in [1.82, 2.24) is 19.7 Å². The number of hydrogen-bond donors (Lipinski definition) is 0. The Labute approximate surface area is 181 Å². The van der Waals surface area contributed by atoms with Crippen LogP contribution in [0.1, 0.15) is 44.9 Å². The van der Waals surface area contributed by atoms with Crippen molar-refractivity contribution in [1.29, 1.82) is 0 Å². The monoisotopic (exact) mass is 432 g/mol. The molecule has 1 aromatic heterocycles. The summed E-state index contributed by atoms with van der Waals surface area (Å²) >= 11 is 1.42. The molecule has 6 nitrogen and oxygen atoms in total. The first-order valence-corrected chi connectivity index (χ1v) is 11.8. The van der Waals surface area contributed by atoms with Crippen molar-refractivity contribution in [3.63, 3.8) is 0 Å². The zero-order valence-corrected chi connectivity index (χ0v) is 18.2. The summed E-state index contributed by atoms with van der Waals surface area (Å²) in [6, 6.07) is 6.63. The van der Waals surface area contributed by atoms with E-state index in [-0.39, 0.29) is 17.8 Å². The molecule has 2 aromatic rings. The molecule has 1 atom stereocenters. The van der Waals surface area contributed by atoms with E-state index in [0.29, 0.717) is 29.3 Å². The minimum Gasteiger partial charge on any atom is -0.376 e. The second-order valence-electron chi connectivity index (χ2n) is 8.14. The van der Waals surface area contributed by atoms with Crippen LogP contribution in [0.5, 0.6) is 0 Å². The van der Waals surface area contributed by atoms with Gasteiger partial charge in [-0.05, 0) is 49.9 Å². The maximum absolute atomic E-state index is 13.4. The molecule has 4 rings (SSSR count). The van der Waals surface area contributed by atoms with Crippen LogP contribution in [0.4, 0.5) is 4.39 Å². The van der Waals surface area contributed by atoms with E-state index in [0.717, 1.165) is 37.9 Å². The maximum atomic E-state index is 13.4. The normalized spacial score (nSPS) is 19.9. The van der Waals surface area contributed by atoms with E-state index in [1.54, 1.807) is 12.1 Å². The summed E-state index contributed by atoms with van der Waals surface area (Å²) < 4.78 is 21.2. The van der Waals surface area contributed by atoms with Crippen molar-refractivity contribution in [2.75, 3.05) is 19.4 Å². The van der Waals surface area contributed by atoms with E-state index in [9.17, 15) is 9.18 Å². The third kappa shape index (κ3) is 5.03. The van der Waals surface area contributed by atoms with Crippen molar-refractivity contribution in [2.45, 2.75) is 68.8 Å². The molecule has 1 unspecified atom stereocenters. The van der Waals surface area contributed by atoms with Gasteiger partial charge in [-0.1, -0.05) is 31.0 Å². The predicted molar refractivity (Wildman–Crippen MR) is 115 cm³/mol. The Balaban J connectivity index is 1.48. The van der Waals surface area contributed by atoms with Crippen molar-refractivity contribution in [3.8, 4) is 11.4 Å². The first kappa shape index (κ1) is 21.3. The fraction of sp³-hybridized carbons (Fsp3) is 0.591.